The van der Waals surface area contributed by atoms with Crippen molar-refractivity contribution in [2.45, 2.75) is 26.3 Å². The minimum Gasteiger partial charge on any atom is -0.349 e. The first-order chi connectivity index (χ1) is 10.3. The highest BCUT2D eigenvalue weighted by atomic mass is 35.5. The van der Waals surface area contributed by atoms with Gasteiger partial charge in [-0.1, -0.05) is 25.4 Å². The molecule has 0 saturated heterocycles. The largest absolute Gasteiger partial charge is 0.349 e. The Kier molecular flexibility index (Phi) is 9.85. The maximum atomic E-state index is 12.0. The van der Waals surface area contributed by atoms with Gasteiger partial charge in [0.2, 0.25) is 5.91 Å². The van der Waals surface area contributed by atoms with Crippen molar-refractivity contribution in [1.29, 1.82) is 0 Å². The number of amides is 1. The van der Waals surface area contributed by atoms with Crippen LogP contribution < -0.4 is 11.1 Å². The van der Waals surface area contributed by atoms with E-state index in [1.807, 2.05) is 20.8 Å². The van der Waals surface area contributed by atoms with Crippen LogP contribution in [0.3, 0.4) is 0 Å². The second-order valence-corrected chi connectivity index (χ2v) is 7.17. The van der Waals surface area contributed by atoms with Gasteiger partial charge in [-0.05, 0) is 37.1 Å². The smallest absolute Gasteiger partial charge is 0.230 e. The van der Waals surface area contributed by atoms with Crippen molar-refractivity contribution in [3.63, 3.8) is 0 Å². The van der Waals surface area contributed by atoms with Gasteiger partial charge in [-0.15, -0.1) is 24.2 Å². The van der Waals surface area contributed by atoms with Gasteiger partial charge in [-0.3, -0.25) is 9.59 Å². The van der Waals surface area contributed by atoms with E-state index in [0.717, 1.165) is 0 Å². The molecular formula is C16H24Cl2N2O2S. The summed E-state index contributed by atoms with van der Waals surface area (Å²) in [6.45, 7) is 6.35. The van der Waals surface area contributed by atoms with E-state index in [4.69, 9.17) is 17.3 Å². The zero-order chi connectivity index (χ0) is 16.8. The summed E-state index contributed by atoms with van der Waals surface area (Å²) in [6.07, 6.45) is 0. The lowest BCUT2D eigenvalue weighted by atomic mass is 9.88. The summed E-state index contributed by atoms with van der Waals surface area (Å²) in [5.41, 5.74) is 5.92. The molecule has 130 valence electrons. The van der Waals surface area contributed by atoms with Crippen molar-refractivity contribution in [2.24, 2.45) is 11.7 Å². The molecule has 0 heterocycles. The molecule has 1 unspecified atom stereocenters. The molecule has 1 atom stereocenters. The van der Waals surface area contributed by atoms with E-state index in [0.29, 0.717) is 17.1 Å². The molecule has 7 heteroatoms. The normalized spacial score (nSPS) is 13.1. The molecule has 0 aliphatic heterocycles. The van der Waals surface area contributed by atoms with Crippen molar-refractivity contribution < 1.29 is 9.59 Å². The summed E-state index contributed by atoms with van der Waals surface area (Å²) in [5, 5.41) is 3.55. The molecular weight excluding hydrogens is 355 g/mol. The lowest BCUT2D eigenvalue weighted by Gasteiger charge is -2.33. The minimum absolute atomic E-state index is 0. The number of rotatable bonds is 8. The first-order valence-corrected chi connectivity index (χ1v) is 8.69. The molecule has 23 heavy (non-hydrogen) atoms. The highest BCUT2D eigenvalue weighted by molar-refractivity contribution is 8.00. The van der Waals surface area contributed by atoms with Gasteiger partial charge < -0.3 is 11.1 Å². The molecule has 3 N–H and O–H groups in total. The Bertz CT molecular complexity index is 523. The maximum Gasteiger partial charge on any atom is 0.230 e. The van der Waals surface area contributed by atoms with Crippen LogP contribution in [0, 0.1) is 5.92 Å². The van der Waals surface area contributed by atoms with E-state index < -0.39 is 5.54 Å². The lowest BCUT2D eigenvalue weighted by Crippen LogP contribution is -2.55. The lowest BCUT2D eigenvalue weighted by molar-refractivity contribution is -0.120. The molecule has 0 aromatic heterocycles. The number of hydrogen-bond donors (Lipinski definition) is 2. The average molecular weight is 379 g/mol. The van der Waals surface area contributed by atoms with E-state index in [-0.39, 0.29) is 41.5 Å². The quantitative estimate of drug-likeness (QED) is 0.681. The Morgan fingerprint density at radius 1 is 1.26 bits per heavy atom. The van der Waals surface area contributed by atoms with Gasteiger partial charge in [0.25, 0.3) is 0 Å². The van der Waals surface area contributed by atoms with Gasteiger partial charge in [-0.2, -0.15) is 0 Å². The van der Waals surface area contributed by atoms with Gasteiger partial charge in [-0.25, -0.2) is 0 Å². The highest BCUT2D eigenvalue weighted by Crippen LogP contribution is 2.16. The molecule has 1 aromatic carbocycles. The Morgan fingerprint density at radius 3 is 2.30 bits per heavy atom. The molecule has 0 fully saturated rings. The average Bonchev–Trinajstić information content (AvgIpc) is 2.47. The van der Waals surface area contributed by atoms with E-state index in [2.05, 4.69) is 5.32 Å². The van der Waals surface area contributed by atoms with Crippen LogP contribution in [0.15, 0.2) is 24.3 Å². The van der Waals surface area contributed by atoms with Crippen LogP contribution in [0.5, 0.6) is 0 Å². The fourth-order valence-corrected chi connectivity index (χ4v) is 2.58. The SMILES string of the molecule is CC(C)C(C)(CN)NC(=O)CSCC(=O)c1ccc(Cl)cc1.Cl. The summed E-state index contributed by atoms with van der Waals surface area (Å²) >= 11 is 7.08. The Morgan fingerprint density at radius 2 is 1.83 bits per heavy atom. The second-order valence-electron chi connectivity index (χ2n) is 5.75. The van der Waals surface area contributed by atoms with E-state index in [1.165, 1.54) is 11.8 Å². The van der Waals surface area contributed by atoms with Gasteiger partial charge in [0.05, 0.1) is 17.0 Å². The summed E-state index contributed by atoms with van der Waals surface area (Å²) in [4.78, 5) is 23.9. The molecule has 0 aliphatic rings. The van der Waals surface area contributed by atoms with Crippen LogP contribution in [-0.2, 0) is 4.79 Å². The molecule has 0 saturated carbocycles. The van der Waals surface area contributed by atoms with E-state index >= 15 is 0 Å². The third-order valence-electron chi connectivity index (χ3n) is 3.76. The third kappa shape index (κ3) is 7.12. The van der Waals surface area contributed by atoms with Crippen molar-refractivity contribution in [3.05, 3.63) is 34.9 Å². The summed E-state index contributed by atoms with van der Waals surface area (Å²) < 4.78 is 0. The van der Waals surface area contributed by atoms with Crippen LogP contribution in [0.4, 0.5) is 0 Å². The standard InChI is InChI=1S/C16H23ClN2O2S.ClH/c1-11(2)16(3,10-18)19-15(21)9-22-8-14(20)12-4-6-13(17)7-5-12;/h4-7,11H,8-10,18H2,1-3H3,(H,19,21);1H. The highest BCUT2D eigenvalue weighted by Gasteiger charge is 2.28. The van der Waals surface area contributed by atoms with Crippen LogP contribution in [0.1, 0.15) is 31.1 Å². The third-order valence-corrected chi connectivity index (χ3v) is 4.94. The number of hydrogen-bond acceptors (Lipinski definition) is 4. The molecule has 1 rings (SSSR count). The Hall–Kier alpha value is -0.750. The number of halogens is 2. The second kappa shape index (κ2) is 10.2. The molecule has 0 bridgehead atoms. The number of Topliss-reactive ketones (excluding diaryl/α,β-unsaturated/α-hetero) is 1. The monoisotopic (exact) mass is 378 g/mol. The van der Waals surface area contributed by atoms with Gasteiger partial charge >= 0.3 is 0 Å². The number of nitrogens with one attached hydrogen (secondary N) is 1. The summed E-state index contributed by atoms with van der Waals surface area (Å²) in [5.74, 6) is 0.621. The van der Waals surface area contributed by atoms with Crippen molar-refractivity contribution >= 4 is 47.5 Å². The van der Waals surface area contributed by atoms with Gasteiger partial charge in [0.15, 0.2) is 5.78 Å². The predicted octanol–water partition coefficient (Wildman–Crippen LogP) is 3.17. The van der Waals surface area contributed by atoms with Crippen molar-refractivity contribution in [3.8, 4) is 0 Å². The van der Waals surface area contributed by atoms with Crippen LogP contribution in [0.2, 0.25) is 5.02 Å². The number of carbonyl (C=O) groups is 2. The number of benzene rings is 1. The number of carbonyl (C=O) groups excluding carboxylic acids is 2. The number of ketones is 1. The maximum absolute atomic E-state index is 12.0. The number of nitrogens with two attached hydrogens (primary N) is 1. The van der Waals surface area contributed by atoms with Crippen molar-refractivity contribution in [2.75, 3.05) is 18.1 Å². The fourth-order valence-electron chi connectivity index (χ4n) is 1.74. The molecule has 0 aliphatic carbocycles. The molecule has 1 aromatic rings. The topological polar surface area (TPSA) is 72.2 Å². The number of thioether (sulfide) groups is 1. The fraction of sp³-hybridized carbons (Fsp3) is 0.500. The summed E-state index contributed by atoms with van der Waals surface area (Å²) in [6, 6.07) is 6.74. The molecule has 4 nitrogen and oxygen atoms in total. The zero-order valence-corrected chi connectivity index (χ0v) is 16.0. The van der Waals surface area contributed by atoms with Crippen LogP contribution in [-0.4, -0.2) is 35.3 Å². The first-order valence-electron chi connectivity index (χ1n) is 7.16. The van der Waals surface area contributed by atoms with Crippen molar-refractivity contribution in [1.82, 2.24) is 5.32 Å². The molecule has 0 radical (unpaired) electrons. The van der Waals surface area contributed by atoms with E-state index in [1.54, 1.807) is 24.3 Å². The predicted molar refractivity (Wildman–Crippen MR) is 101 cm³/mol. The van der Waals surface area contributed by atoms with Crippen LogP contribution in [0.25, 0.3) is 0 Å². The minimum atomic E-state index is -0.419. The molecule has 0 spiro atoms. The first kappa shape index (κ1) is 22.2. The van der Waals surface area contributed by atoms with Gasteiger partial charge in [0, 0.05) is 17.1 Å². The molecule has 1 amide bonds. The van der Waals surface area contributed by atoms with Gasteiger partial charge in [0.1, 0.15) is 0 Å². The van der Waals surface area contributed by atoms with Crippen LogP contribution >= 0.6 is 35.8 Å². The van der Waals surface area contributed by atoms with E-state index in [9.17, 15) is 9.59 Å². The Balaban J connectivity index is 0.00000484. The Labute approximate surface area is 153 Å². The zero-order valence-electron chi connectivity index (χ0n) is 13.6. The summed E-state index contributed by atoms with van der Waals surface area (Å²) in [7, 11) is 0.